The van der Waals surface area contributed by atoms with Crippen LogP contribution in [0.15, 0.2) is 51.7 Å². The molecule has 2 N–H and O–H groups in total. The number of aliphatic carboxylic acids is 1. The molecule has 4 rings (SSSR count). The van der Waals surface area contributed by atoms with Gasteiger partial charge in [-0.2, -0.15) is 0 Å². The molecule has 1 aliphatic rings. The van der Waals surface area contributed by atoms with E-state index in [4.69, 9.17) is 9.15 Å². The van der Waals surface area contributed by atoms with Crippen LogP contribution < -0.4 is 15.7 Å². The minimum absolute atomic E-state index is 0.325. The summed E-state index contributed by atoms with van der Waals surface area (Å²) in [4.78, 5) is 36.7. The molecule has 0 saturated heterocycles. The van der Waals surface area contributed by atoms with Crippen LogP contribution in [-0.2, 0) is 22.4 Å². The normalized spacial score (nSPS) is 14.6. The van der Waals surface area contributed by atoms with Crippen molar-refractivity contribution in [2.24, 2.45) is 0 Å². The van der Waals surface area contributed by atoms with E-state index >= 15 is 0 Å². The Bertz CT molecular complexity index is 1210. The van der Waals surface area contributed by atoms with Gasteiger partial charge in [0.05, 0.1) is 5.39 Å². The van der Waals surface area contributed by atoms with Crippen LogP contribution in [0.25, 0.3) is 11.0 Å². The van der Waals surface area contributed by atoms with E-state index in [1.807, 2.05) is 6.92 Å². The van der Waals surface area contributed by atoms with Gasteiger partial charge in [0.25, 0.3) is 5.91 Å². The molecule has 0 saturated carbocycles. The van der Waals surface area contributed by atoms with E-state index in [-0.39, 0.29) is 5.63 Å². The van der Waals surface area contributed by atoms with E-state index in [2.05, 4.69) is 5.32 Å². The van der Waals surface area contributed by atoms with Gasteiger partial charge in [0, 0.05) is 5.56 Å². The predicted octanol–water partition coefficient (Wildman–Crippen LogP) is 3.30. The number of rotatable bonds is 6. The molecular weight excluding hydrogens is 398 g/mol. The minimum Gasteiger partial charge on any atom is -0.480 e. The Balaban J connectivity index is 1.63. The topological polar surface area (TPSA) is 106 Å². The Morgan fingerprint density at radius 3 is 2.55 bits per heavy atom. The molecule has 2 aromatic carbocycles. The third-order valence-corrected chi connectivity index (χ3v) is 5.52. The lowest BCUT2D eigenvalue weighted by atomic mass is 10.0. The molecule has 0 aliphatic heterocycles. The number of carboxylic acids is 1. The van der Waals surface area contributed by atoms with Gasteiger partial charge in [-0.15, -0.1) is 0 Å². The summed E-state index contributed by atoms with van der Waals surface area (Å²) in [5.74, 6) is -1.27. The molecule has 31 heavy (non-hydrogen) atoms. The van der Waals surface area contributed by atoms with Crippen LogP contribution in [0, 0.1) is 6.92 Å². The molecule has 3 aromatic rings. The number of carbonyl (C=O) groups is 2. The summed E-state index contributed by atoms with van der Waals surface area (Å²) in [6.07, 6.45) is 1.31. The highest BCUT2D eigenvalue weighted by molar-refractivity contribution is 5.90. The van der Waals surface area contributed by atoms with Crippen molar-refractivity contribution in [2.75, 3.05) is 0 Å². The minimum atomic E-state index is -1.18. The lowest BCUT2D eigenvalue weighted by Crippen LogP contribution is -2.41. The monoisotopic (exact) mass is 421 g/mol. The summed E-state index contributed by atoms with van der Waals surface area (Å²) in [6.45, 7) is 3.41. The second kappa shape index (κ2) is 8.26. The maximum atomic E-state index is 12.8. The fourth-order valence-electron chi connectivity index (χ4n) is 4.03. The summed E-state index contributed by atoms with van der Waals surface area (Å²) in [5, 5.41) is 12.8. The first-order chi connectivity index (χ1) is 14.8. The van der Waals surface area contributed by atoms with Crippen molar-refractivity contribution in [1.29, 1.82) is 0 Å². The third kappa shape index (κ3) is 4.03. The fraction of sp³-hybridized carbons (Fsp3) is 0.292. The van der Waals surface area contributed by atoms with Crippen molar-refractivity contribution in [3.05, 3.63) is 75.1 Å². The summed E-state index contributed by atoms with van der Waals surface area (Å²) >= 11 is 0. The maximum Gasteiger partial charge on any atom is 0.339 e. The van der Waals surface area contributed by atoms with E-state index in [1.54, 1.807) is 49.4 Å². The molecule has 1 aliphatic carbocycles. The number of hydrogen-bond donors (Lipinski definition) is 2. The SMILES string of the molecule is Cc1cc(OC(C)C(=O)N[C@@H](C(=O)O)c2ccccc2)c2c3c(c(=O)oc2c1)CCC3. The number of carbonyl (C=O) groups excluding carboxylic acids is 1. The molecule has 7 nitrogen and oxygen atoms in total. The van der Waals surface area contributed by atoms with Gasteiger partial charge in [0.2, 0.25) is 0 Å². The first-order valence-electron chi connectivity index (χ1n) is 10.2. The van der Waals surface area contributed by atoms with Crippen molar-refractivity contribution in [2.45, 2.75) is 45.3 Å². The number of fused-ring (bicyclic) bond motifs is 3. The second-order valence-corrected chi connectivity index (χ2v) is 7.79. The molecular formula is C24H23NO6. The Labute approximate surface area is 178 Å². The maximum absolute atomic E-state index is 12.8. The number of aryl methyl sites for hydroxylation is 2. The van der Waals surface area contributed by atoms with Crippen molar-refractivity contribution in [3.63, 3.8) is 0 Å². The lowest BCUT2D eigenvalue weighted by molar-refractivity contribution is -0.143. The Hall–Kier alpha value is -3.61. The quantitative estimate of drug-likeness (QED) is 0.592. The van der Waals surface area contributed by atoms with Crippen LogP contribution in [-0.4, -0.2) is 23.1 Å². The number of carboxylic acid groups (broad SMARTS) is 1. The molecule has 1 heterocycles. The van der Waals surface area contributed by atoms with Gasteiger partial charge >= 0.3 is 11.6 Å². The van der Waals surface area contributed by atoms with Crippen LogP contribution in [0.3, 0.4) is 0 Å². The van der Waals surface area contributed by atoms with Crippen LogP contribution in [0.4, 0.5) is 0 Å². The van der Waals surface area contributed by atoms with E-state index in [1.165, 1.54) is 0 Å². The van der Waals surface area contributed by atoms with E-state index in [0.717, 1.165) is 24.0 Å². The standard InChI is InChI=1S/C24H23NO6/c1-13-11-18(20-16-9-6-10-17(16)24(29)31-19(20)12-13)30-14(2)22(26)25-21(23(27)28)15-7-4-3-5-8-15/h3-5,7-8,11-12,14,21H,6,9-10H2,1-2H3,(H,25,26)(H,27,28)/t14?,21-/m1/s1. The summed E-state index contributed by atoms with van der Waals surface area (Å²) < 4.78 is 11.5. The van der Waals surface area contributed by atoms with Crippen LogP contribution in [0.2, 0.25) is 0 Å². The molecule has 0 bridgehead atoms. The largest absolute Gasteiger partial charge is 0.480 e. The highest BCUT2D eigenvalue weighted by Gasteiger charge is 2.27. The lowest BCUT2D eigenvalue weighted by Gasteiger charge is -2.20. The van der Waals surface area contributed by atoms with Crippen LogP contribution in [0.1, 0.15) is 41.6 Å². The van der Waals surface area contributed by atoms with Gasteiger partial charge in [-0.3, -0.25) is 4.79 Å². The highest BCUT2D eigenvalue weighted by Crippen LogP contribution is 2.35. The molecule has 1 amide bonds. The number of hydrogen-bond acceptors (Lipinski definition) is 5. The first-order valence-corrected chi connectivity index (χ1v) is 10.2. The zero-order chi connectivity index (χ0) is 22.1. The predicted molar refractivity (Wildman–Crippen MR) is 114 cm³/mol. The van der Waals surface area contributed by atoms with Crippen molar-refractivity contribution in [1.82, 2.24) is 5.32 Å². The summed E-state index contributed by atoms with van der Waals surface area (Å²) in [7, 11) is 0. The number of amides is 1. The zero-order valence-electron chi connectivity index (χ0n) is 17.3. The highest BCUT2D eigenvalue weighted by atomic mass is 16.5. The Morgan fingerprint density at radius 2 is 1.84 bits per heavy atom. The summed E-state index contributed by atoms with van der Waals surface area (Å²) in [5.41, 5.74) is 2.96. The number of nitrogens with one attached hydrogen (secondary N) is 1. The second-order valence-electron chi connectivity index (χ2n) is 7.79. The van der Waals surface area contributed by atoms with Crippen molar-refractivity contribution >= 4 is 22.8 Å². The van der Waals surface area contributed by atoms with Gasteiger partial charge in [-0.05, 0) is 61.9 Å². The molecule has 1 unspecified atom stereocenters. The smallest absolute Gasteiger partial charge is 0.339 e. The molecule has 0 radical (unpaired) electrons. The fourth-order valence-corrected chi connectivity index (χ4v) is 4.03. The molecule has 160 valence electrons. The van der Waals surface area contributed by atoms with Gasteiger partial charge in [-0.1, -0.05) is 30.3 Å². The van der Waals surface area contributed by atoms with Gasteiger partial charge < -0.3 is 19.6 Å². The number of benzene rings is 2. The van der Waals surface area contributed by atoms with Gasteiger partial charge in [-0.25, -0.2) is 9.59 Å². The molecule has 0 fully saturated rings. The summed E-state index contributed by atoms with van der Waals surface area (Å²) in [6, 6.07) is 10.9. The van der Waals surface area contributed by atoms with Crippen molar-refractivity contribution < 1.29 is 23.8 Å². The molecule has 0 spiro atoms. The average Bonchev–Trinajstić information content (AvgIpc) is 3.22. The molecule has 2 atom stereocenters. The van der Waals surface area contributed by atoms with E-state index < -0.39 is 24.0 Å². The van der Waals surface area contributed by atoms with Crippen LogP contribution >= 0.6 is 0 Å². The Morgan fingerprint density at radius 1 is 1.13 bits per heavy atom. The Kier molecular flexibility index (Phi) is 5.50. The number of ether oxygens (including phenoxy) is 1. The molecule has 1 aromatic heterocycles. The van der Waals surface area contributed by atoms with Crippen LogP contribution in [0.5, 0.6) is 5.75 Å². The first kappa shape index (κ1) is 20.7. The zero-order valence-corrected chi connectivity index (χ0v) is 17.3. The third-order valence-electron chi connectivity index (χ3n) is 5.52. The van der Waals surface area contributed by atoms with Crippen molar-refractivity contribution in [3.8, 4) is 5.75 Å². The van der Waals surface area contributed by atoms with E-state index in [0.29, 0.717) is 34.3 Å². The van der Waals surface area contributed by atoms with Gasteiger partial charge in [0.1, 0.15) is 11.3 Å². The van der Waals surface area contributed by atoms with Gasteiger partial charge in [0.15, 0.2) is 12.1 Å². The molecule has 7 heteroatoms. The van der Waals surface area contributed by atoms with E-state index in [9.17, 15) is 19.5 Å². The average molecular weight is 421 g/mol.